The standard InChI is InChI=1S/C25H31NSe/c1-3-4-18-27-24(26-19-12-6-5-7-13-19)25(2)22-16-10-8-14-20(22)21-15-9-11-17-23(21)25/h8-11,14-17,19H,3-7,12-13,18H2,1-2H3. The van der Waals surface area contributed by atoms with Crippen molar-refractivity contribution in [1.82, 2.24) is 0 Å². The number of hydrogen-bond acceptors (Lipinski definition) is 1. The van der Waals surface area contributed by atoms with E-state index in [4.69, 9.17) is 4.99 Å². The van der Waals surface area contributed by atoms with Crippen molar-refractivity contribution in [2.45, 2.75) is 75.6 Å². The molecule has 1 fully saturated rings. The Hall–Kier alpha value is -1.37. The van der Waals surface area contributed by atoms with E-state index in [0.29, 0.717) is 21.0 Å². The first-order chi connectivity index (χ1) is 13.2. The van der Waals surface area contributed by atoms with Gasteiger partial charge in [-0.1, -0.05) is 0 Å². The Morgan fingerprint density at radius 3 is 2.15 bits per heavy atom. The molecule has 0 heterocycles. The predicted octanol–water partition coefficient (Wildman–Crippen LogP) is 6.63. The Bertz CT molecular complexity index is 771. The molecule has 142 valence electrons. The fraction of sp³-hybridized carbons (Fsp3) is 0.480. The molecule has 0 amide bonds. The third-order valence-electron chi connectivity index (χ3n) is 6.26. The molecule has 0 N–H and O–H groups in total. The molecule has 2 aromatic carbocycles. The molecule has 0 atom stereocenters. The van der Waals surface area contributed by atoms with Gasteiger partial charge in [0.15, 0.2) is 0 Å². The van der Waals surface area contributed by atoms with Crippen molar-refractivity contribution < 1.29 is 0 Å². The van der Waals surface area contributed by atoms with Crippen molar-refractivity contribution in [3.8, 4) is 11.1 Å². The summed E-state index contributed by atoms with van der Waals surface area (Å²) >= 11 is 0.465. The minimum atomic E-state index is -0.0433. The number of rotatable bonds is 6. The molecule has 4 rings (SSSR count). The number of aliphatic imine (C=N–C) groups is 1. The van der Waals surface area contributed by atoms with Gasteiger partial charge in [-0.05, 0) is 0 Å². The van der Waals surface area contributed by atoms with E-state index in [-0.39, 0.29) is 5.41 Å². The van der Waals surface area contributed by atoms with Gasteiger partial charge in [-0.15, -0.1) is 0 Å². The van der Waals surface area contributed by atoms with Gasteiger partial charge < -0.3 is 0 Å². The second kappa shape index (κ2) is 8.33. The fourth-order valence-electron chi connectivity index (χ4n) is 4.68. The molecule has 0 saturated heterocycles. The molecule has 2 aliphatic rings. The van der Waals surface area contributed by atoms with E-state index in [0.717, 1.165) is 0 Å². The van der Waals surface area contributed by atoms with E-state index >= 15 is 0 Å². The van der Waals surface area contributed by atoms with Crippen LogP contribution in [-0.2, 0) is 5.41 Å². The summed E-state index contributed by atoms with van der Waals surface area (Å²) in [5.41, 5.74) is 5.73. The zero-order chi connectivity index (χ0) is 18.7. The van der Waals surface area contributed by atoms with Crippen molar-refractivity contribution >= 4 is 19.6 Å². The zero-order valence-corrected chi connectivity index (χ0v) is 18.4. The van der Waals surface area contributed by atoms with Crippen LogP contribution in [0.25, 0.3) is 11.1 Å². The Labute approximate surface area is 170 Å². The molecule has 1 saturated carbocycles. The van der Waals surface area contributed by atoms with Crippen LogP contribution in [0.2, 0.25) is 5.32 Å². The van der Waals surface area contributed by atoms with Gasteiger partial charge >= 0.3 is 171 Å². The van der Waals surface area contributed by atoms with Crippen LogP contribution in [0.3, 0.4) is 0 Å². The summed E-state index contributed by atoms with van der Waals surface area (Å²) in [5, 5.41) is 1.31. The van der Waals surface area contributed by atoms with Gasteiger partial charge in [0.25, 0.3) is 0 Å². The number of hydrogen-bond donors (Lipinski definition) is 0. The number of unbranched alkanes of at least 4 members (excludes halogenated alkanes) is 1. The van der Waals surface area contributed by atoms with Crippen LogP contribution >= 0.6 is 0 Å². The van der Waals surface area contributed by atoms with E-state index in [9.17, 15) is 0 Å². The van der Waals surface area contributed by atoms with Crippen LogP contribution in [0.1, 0.15) is 69.9 Å². The van der Waals surface area contributed by atoms with Gasteiger partial charge in [0.05, 0.1) is 0 Å². The van der Waals surface area contributed by atoms with Gasteiger partial charge in [-0.2, -0.15) is 0 Å². The molecule has 0 radical (unpaired) electrons. The van der Waals surface area contributed by atoms with E-state index in [1.54, 1.807) is 0 Å². The van der Waals surface area contributed by atoms with Crippen LogP contribution in [0.4, 0.5) is 0 Å². The Morgan fingerprint density at radius 2 is 1.56 bits per heavy atom. The van der Waals surface area contributed by atoms with Gasteiger partial charge in [-0.3, -0.25) is 0 Å². The van der Waals surface area contributed by atoms with E-state index < -0.39 is 0 Å². The minimum absolute atomic E-state index is 0.0433. The van der Waals surface area contributed by atoms with Crippen molar-refractivity contribution in [2.24, 2.45) is 4.99 Å². The molecule has 2 aliphatic carbocycles. The first kappa shape index (κ1) is 19.0. The first-order valence-electron chi connectivity index (χ1n) is 10.7. The Balaban J connectivity index is 1.81. The summed E-state index contributed by atoms with van der Waals surface area (Å²) < 4.78 is 1.49. The molecule has 0 spiro atoms. The number of benzene rings is 2. The van der Waals surface area contributed by atoms with Crippen LogP contribution in [0.5, 0.6) is 0 Å². The molecule has 0 unspecified atom stereocenters. The topological polar surface area (TPSA) is 12.4 Å². The monoisotopic (exact) mass is 425 g/mol. The zero-order valence-electron chi connectivity index (χ0n) is 16.7. The summed E-state index contributed by atoms with van der Waals surface area (Å²) in [6.45, 7) is 4.75. The maximum atomic E-state index is 5.50. The fourth-order valence-corrected chi connectivity index (χ4v) is 7.53. The average Bonchev–Trinajstić information content (AvgIpc) is 2.99. The van der Waals surface area contributed by atoms with Crippen LogP contribution < -0.4 is 0 Å². The maximum absolute atomic E-state index is 5.50. The van der Waals surface area contributed by atoms with E-state index in [1.165, 1.54) is 77.1 Å². The molecular formula is C25H31NSe. The second-order valence-corrected chi connectivity index (χ2v) is 10.4. The summed E-state index contributed by atoms with van der Waals surface area (Å²) in [6.07, 6.45) is 9.27. The normalized spacial score (nSPS) is 19.0. The Morgan fingerprint density at radius 1 is 0.963 bits per heavy atom. The van der Waals surface area contributed by atoms with Crippen LogP contribution in [0, 0.1) is 0 Å². The number of fused-ring (bicyclic) bond motifs is 3. The van der Waals surface area contributed by atoms with Crippen molar-refractivity contribution in [1.29, 1.82) is 0 Å². The van der Waals surface area contributed by atoms with Gasteiger partial charge in [0.1, 0.15) is 0 Å². The second-order valence-electron chi connectivity index (χ2n) is 8.14. The third-order valence-corrected chi connectivity index (χ3v) is 8.95. The summed E-state index contributed by atoms with van der Waals surface area (Å²) in [4.78, 5) is 5.50. The van der Waals surface area contributed by atoms with Crippen LogP contribution in [0.15, 0.2) is 53.5 Å². The van der Waals surface area contributed by atoms with Gasteiger partial charge in [-0.25, -0.2) is 0 Å². The SMILES string of the molecule is CCCC[Se]C(=NC1CCCCC1)C1(C)c2ccccc2-c2ccccc21. The first-order valence-corrected chi connectivity index (χ1v) is 12.7. The van der Waals surface area contributed by atoms with Crippen LogP contribution in [-0.4, -0.2) is 25.6 Å². The van der Waals surface area contributed by atoms with E-state index in [2.05, 4.69) is 62.4 Å². The molecule has 2 aromatic rings. The quantitative estimate of drug-likeness (QED) is 0.280. The molecular weight excluding hydrogens is 393 g/mol. The molecule has 2 heteroatoms. The molecule has 1 nitrogen and oxygen atoms in total. The average molecular weight is 424 g/mol. The molecule has 0 aromatic heterocycles. The van der Waals surface area contributed by atoms with E-state index in [1.807, 2.05) is 0 Å². The molecule has 27 heavy (non-hydrogen) atoms. The van der Waals surface area contributed by atoms with Crippen molar-refractivity contribution in [2.75, 3.05) is 0 Å². The summed E-state index contributed by atoms with van der Waals surface area (Å²) in [6, 6.07) is 18.6. The number of nitrogens with zero attached hydrogens (tertiary/aromatic N) is 1. The molecule has 0 bridgehead atoms. The summed E-state index contributed by atoms with van der Waals surface area (Å²) in [5.74, 6) is 0. The van der Waals surface area contributed by atoms with Crippen molar-refractivity contribution in [3.63, 3.8) is 0 Å². The molecule has 0 aliphatic heterocycles. The van der Waals surface area contributed by atoms with Gasteiger partial charge in [0, 0.05) is 0 Å². The Kier molecular flexibility index (Phi) is 5.85. The van der Waals surface area contributed by atoms with Crippen molar-refractivity contribution in [3.05, 3.63) is 59.7 Å². The van der Waals surface area contributed by atoms with Gasteiger partial charge in [0.2, 0.25) is 0 Å². The third kappa shape index (κ3) is 3.55. The summed E-state index contributed by atoms with van der Waals surface area (Å²) in [7, 11) is 0. The predicted molar refractivity (Wildman–Crippen MR) is 118 cm³/mol.